The van der Waals surface area contributed by atoms with Gasteiger partial charge in [-0.3, -0.25) is 0 Å². The largest absolute Gasteiger partial charge is 0.739 e. The minimum Gasteiger partial charge on any atom is -0.739 e. The van der Waals surface area contributed by atoms with Gasteiger partial charge in [-0.25, -0.2) is 19.0 Å². The zero-order valence-electron chi connectivity index (χ0n) is 38.8. The molecule has 0 aliphatic rings. The molecule has 4 amide bonds. The Morgan fingerprint density at radius 2 is 0.970 bits per heavy atom. The van der Waals surface area contributed by atoms with Gasteiger partial charge in [0.2, 0.25) is 10.2 Å². The molecule has 0 aliphatic carbocycles. The molecular formula is C44H58N10O10Si2. The average Bonchev–Trinajstić information content (AvgIpc) is 3.23. The van der Waals surface area contributed by atoms with Crippen LogP contribution in [0.4, 0.5) is 21.5 Å². The normalized spacial score (nSPS) is 11.9. The fourth-order valence-corrected chi connectivity index (χ4v) is 7.76. The second-order valence-electron chi connectivity index (χ2n) is 18.5. The van der Waals surface area contributed by atoms with Crippen LogP contribution in [0.15, 0.2) is 84.9 Å². The predicted molar refractivity (Wildman–Crippen MR) is 253 cm³/mol. The van der Waals surface area contributed by atoms with E-state index in [1.807, 2.05) is 18.2 Å². The van der Waals surface area contributed by atoms with Crippen molar-refractivity contribution >= 4 is 62.7 Å². The number of phenols is 2. The van der Waals surface area contributed by atoms with Crippen LogP contribution in [0.2, 0.25) is 36.3 Å². The van der Waals surface area contributed by atoms with Gasteiger partial charge in [0, 0.05) is 34.9 Å². The lowest BCUT2D eigenvalue weighted by atomic mass is 10.1. The summed E-state index contributed by atoms with van der Waals surface area (Å²) in [7, 11) is -4.26. The quantitative estimate of drug-likeness (QED) is 0.0362. The van der Waals surface area contributed by atoms with E-state index in [0.29, 0.717) is 32.7 Å². The van der Waals surface area contributed by atoms with Crippen LogP contribution in [0.3, 0.4) is 0 Å². The van der Waals surface area contributed by atoms with Crippen molar-refractivity contribution in [1.82, 2.24) is 20.8 Å². The van der Waals surface area contributed by atoms with Crippen molar-refractivity contribution in [2.75, 3.05) is 23.7 Å². The Balaban J connectivity index is 0.000000270. The Kier molecular flexibility index (Phi) is 15.0. The van der Waals surface area contributed by atoms with Crippen molar-refractivity contribution < 1.29 is 47.8 Å². The van der Waals surface area contributed by atoms with Crippen LogP contribution in [0.25, 0.3) is 22.1 Å². The van der Waals surface area contributed by atoms with Gasteiger partial charge in [-0.15, -0.1) is 0 Å². The summed E-state index contributed by atoms with van der Waals surface area (Å²) in [5.41, 5.74) is 2.04. The highest BCUT2D eigenvalue weighted by Gasteiger charge is 2.42. The van der Waals surface area contributed by atoms with Gasteiger partial charge in [-0.05, 0) is 96.6 Å². The maximum absolute atomic E-state index is 12.6. The van der Waals surface area contributed by atoms with E-state index in [0.717, 1.165) is 17.1 Å². The van der Waals surface area contributed by atoms with Gasteiger partial charge in [0.05, 0.1) is 0 Å². The van der Waals surface area contributed by atoms with Crippen LogP contribution in [-0.2, 0) is 12.8 Å². The summed E-state index contributed by atoms with van der Waals surface area (Å²) in [5.74, 6) is 0.152. The van der Waals surface area contributed by atoms with Gasteiger partial charge in [0.15, 0.2) is 22.5 Å². The molecule has 4 aromatic carbocycles. The zero-order valence-corrected chi connectivity index (χ0v) is 40.8. The number of para-hydroxylation sites is 4. The molecular weight excluding hydrogens is 885 g/mol. The van der Waals surface area contributed by atoms with Gasteiger partial charge in [0.1, 0.15) is 11.5 Å². The van der Waals surface area contributed by atoms with Crippen molar-refractivity contribution in [2.24, 2.45) is 0 Å². The molecule has 0 fully saturated rings. The van der Waals surface area contributed by atoms with Crippen molar-refractivity contribution in [3.63, 3.8) is 0 Å². The first-order valence-corrected chi connectivity index (χ1v) is 27.0. The molecule has 2 heterocycles. The van der Waals surface area contributed by atoms with E-state index in [-0.39, 0.29) is 61.6 Å². The minimum absolute atomic E-state index is 0.00829. The predicted octanol–water partition coefficient (Wildman–Crippen LogP) is 5.91. The molecule has 6 aromatic rings. The van der Waals surface area contributed by atoms with E-state index in [1.54, 1.807) is 30.3 Å². The van der Waals surface area contributed by atoms with Crippen LogP contribution in [0.5, 0.6) is 23.0 Å². The highest BCUT2D eigenvalue weighted by Crippen LogP contribution is 2.44. The van der Waals surface area contributed by atoms with Gasteiger partial charge < -0.3 is 50.5 Å². The smallest absolute Gasteiger partial charge is 0.469 e. The number of carbonyl (C=O) groups is 2. The molecule has 0 aliphatic heterocycles. The highest BCUT2D eigenvalue weighted by molar-refractivity contribution is 6.75. The number of benzene rings is 4. The number of fused-ring (bicyclic) bond motifs is 2. The maximum atomic E-state index is 12.6. The molecule has 6 rings (SSSR count). The Hall–Kier alpha value is -7.21. The summed E-state index contributed by atoms with van der Waals surface area (Å²) < 4.78 is 14.2. The third kappa shape index (κ3) is 12.1. The molecule has 20 nitrogen and oxygen atoms in total. The minimum atomic E-state index is -2.15. The summed E-state index contributed by atoms with van der Waals surface area (Å²) in [6.07, 6.45) is 0.900. The molecule has 6 N–H and O–H groups in total. The number of anilines is 2. The first kappa shape index (κ1) is 49.8. The number of rotatable bonds is 12. The second kappa shape index (κ2) is 19.9. The summed E-state index contributed by atoms with van der Waals surface area (Å²) in [5, 5.41) is 84.4. The SMILES string of the molecule is CC(C)(C)[Si](C)(C)Oc1ccc(CCNC(=O)Nc2n[n+]([O-])c3ccccc3[n+]2[O-])cc1O[Si](C)(C)C(C)(C)C.O=C(NCCc1ccc(O)c(O)c1)Nc1n[n+]([O-])c2ccccc2[n+]1[O-]. The number of amides is 4. The molecule has 0 saturated heterocycles. The number of nitrogens with zero attached hydrogens (tertiary/aromatic N) is 6. The van der Waals surface area contributed by atoms with E-state index < -0.39 is 40.6 Å². The monoisotopic (exact) mass is 942 g/mol. The lowest BCUT2D eigenvalue weighted by molar-refractivity contribution is -0.672. The number of nitrogens with one attached hydrogen (secondary N) is 4. The Morgan fingerprint density at radius 3 is 1.39 bits per heavy atom. The third-order valence-electron chi connectivity index (χ3n) is 11.6. The van der Waals surface area contributed by atoms with Crippen LogP contribution in [-0.4, -0.2) is 62.2 Å². The number of phenolic OH excluding ortho intramolecular Hbond substituents is 2. The number of carbonyl (C=O) groups excluding carboxylic acids is 2. The number of aromatic hydroxyl groups is 2. The van der Waals surface area contributed by atoms with Crippen molar-refractivity contribution in [2.45, 2.75) is 90.6 Å². The van der Waals surface area contributed by atoms with Crippen molar-refractivity contribution in [3.05, 3.63) is 117 Å². The molecule has 0 saturated carbocycles. The van der Waals surface area contributed by atoms with Gasteiger partial charge >= 0.3 is 24.0 Å². The summed E-state index contributed by atoms with van der Waals surface area (Å²) >= 11 is 0. The standard InChI is InChI=1S/C28H43N5O5Si2.C16H15N5O5/c1-27(2,3)39(7,8)37-23-16-15-20(19-24(23)38-40(9,10)28(4,5)6)17-18-29-26(34)30-25-31-33(36)22-14-12-11-13-21(22)32(25)35;22-13-6-5-10(9-14(13)23)7-8-17-16(24)18-15-19-21(26)12-4-2-1-3-11(12)20(15)25/h11-16,19H,17-18H2,1-10H3,(H2,29,30,31,34);1-6,9,22-23H,7-8H2,(H2,17,18,19,24). The highest BCUT2D eigenvalue weighted by atomic mass is 28.4. The fraction of sp³-hybridized carbons (Fsp3) is 0.364. The van der Waals surface area contributed by atoms with E-state index in [1.165, 1.54) is 36.4 Å². The number of aromatic nitrogens is 6. The first-order valence-electron chi connectivity index (χ1n) is 21.1. The molecule has 0 spiro atoms. The lowest BCUT2D eigenvalue weighted by Gasteiger charge is -2.39. The fourth-order valence-electron chi connectivity index (χ4n) is 5.72. The van der Waals surface area contributed by atoms with E-state index in [2.05, 4.69) is 99.2 Å². The van der Waals surface area contributed by atoms with Gasteiger partial charge in [-0.1, -0.05) is 77.9 Å². The maximum Gasteiger partial charge on any atom is 0.469 e. The third-order valence-corrected chi connectivity index (χ3v) is 20.3. The van der Waals surface area contributed by atoms with Crippen molar-refractivity contribution in [1.29, 1.82) is 0 Å². The van der Waals surface area contributed by atoms with Crippen LogP contribution >= 0.6 is 0 Å². The van der Waals surface area contributed by atoms with E-state index in [9.17, 15) is 40.6 Å². The lowest BCUT2D eigenvalue weighted by Crippen LogP contribution is -2.46. The Labute approximate surface area is 384 Å². The van der Waals surface area contributed by atoms with E-state index >= 15 is 0 Å². The van der Waals surface area contributed by atoms with Crippen LogP contribution < -0.4 is 49.3 Å². The van der Waals surface area contributed by atoms with Gasteiger partial charge in [-0.2, -0.15) is 10.6 Å². The molecule has 66 heavy (non-hydrogen) atoms. The van der Waals surface area contributed by atoms with Gasteiger partial charge in [0.25, 0.3) is 27.7 Å². The first-order chi connectivity index (χ1) is 30.8. The summed E-state index contributed by atoms with van der Waals surface area (Å²) in [6.45, 7) is 22.5. The van der Waals surface area contributed by atoms with Crippen molar-refractivity contribution in [3.8, 4) is 23.0 Å². The van der Waals surface area contributed by atoms with Crippen LogP contribution in [0, 0.1) is 20.8 Å². The average molecular weight is 943 g/mol. The Bertz CT molecular complexity index is 2730. The molecule has 0 radical (unpaired) electrons. The van der Waals surface area contributed by atoms with Crippen LogP contribution in [0.1, 0.15) is 52.7 Å². The second-order valence-corrected chi connectivity index (χ2v) is 28.0. The molecule has 0 atom stereocenters. The number of hydrogen-bond acceptors (Lipinski definition) is 12. The Morgan fingerprint density at radius 1 is 0.576 bits per heavy atom. The van der Waals surface area contributed by atoms with E-state index in [4.69, 9.17) is 8.85 Å². The zero-order chi connectivity index (χ0) is 48.8. The molecule has 0 bridgehead atoms. The molecule has 2 aromatic heterocycles. The molecule has 0 unspecified atom stereocenters. The molecule has 22 heteroatoms. The summed E-state index contributed by atoms with van der Waals surface area (Å²) in [4.78, 5) is 25.0. The topological polar surface area (TPSA) is 275 Å². The molecule has 352 valence electrons. The summed E-state index contributed by atoms with van der Waals surface area (Å²) in [6, 6.07) is 21.2. The number of urea groups is 2. The number of hydrogen-bond donors (Lipinski definition) is 6.